The van der Waals surface area contributed by atoms with Crippen LogP contribution in [0.1, 0.15) is 115 Å². The van der Waals surface area contributed by atoms with Crippen LogP contribution < -0.4 is 40.4 Å². The smallest absolute Gasteiger partial charge is 0.478 e. The van der Waals surface area contributed by atoms with E-state index in [4.69, 9.17) is 56.3 Å². The third kappa shape index (κ3) is 17.9. The van der Waals surface area contributed by atoms with Crippen molar-refractivity contribution in [1.82, 2.24) is 0 Å². The summed E-state index contributed by atoms with van der Waals surface area (Å²) >= 11 is 0. The molecule has 2 amide bonds. The highest BCUT2D eigenvalue weighted by Gasteiger charge is 2.53. The molecule has 0 radical (unpaired) electrons. The molecule has 0 spiro atoms. The number of nitrogen functional groups attached to an aromatic ring is 2. The fourth-order valence-corrected chi connectivity index (χ4v) is 12.8. The Morgan fingerprint density at radius 3 is 0.939 bits per heavy atom. The van der Waals surface area contributed by atoms with E-state index >= 15 is 26.3 Å². The van der Waals surface area contributed by atoms with Crippen molar-refractivity contribution in [3.05, 3.63) is 144 Å². The number of nitrogens with one attached hydrogen (secondary N) is 2. The Morgan fingerprint density at radius 2 is 0.671 bits per heavy atom. The fourth-order valence-electron chi connectivity index (χ4n) is 7.86. The molecule has 0 aliphatic rings. The predicted molar refractivity (Wildman–Crippen MR) is 303 cm³/mol. The summed E-state index contributed by atoms with van der Waals surface area (Å²) in [5, 5.41) is 5.52. The standard InChI is InChI=1S/C58H68F6N4O12Si2/c1-33(2)73-81(74-34(3)4,75-35(5)6)79-53-31-45(23-27-51(53)67-55(69)39-13-17-41(65)18-14-39)71-43-21-25-47(49(29-43)57(59,60)61)48-26-22-44(30-50(48)58(62,63)64)72-46-24-28-52(68-56(70)40-15-19-42(66)20-16-40)54(32-46)80-82(76-36(7)8,77-37(9)10)78-38(11)12/h13-38H,65-66H2,1-12H3,(H,67,69)(H,68,70). The Balaban J connectivity index is 1.39. The topological polar surface area (TPSA) is 203 Å². The van der Waals surface area contributed by atoms with Gasteiger partial charge in [0.2, 0.25) is 0 Å². The molecule has 24 heteroatoms. The molecular formula is C58H68F6N4O12Si2. The molecule has 0 aliphatic heterocycles. The quantitative estimate of drug-likeness (QED) is 0.0239. The van der Waals surface area contributed by atoms with Crippen LogP contribution in [0.5, 0.6) is 34.5 Å². The highest BCUT2D eigenvalue weighted by atomic mass is 28.4. The van der Waals surface area contributed by atoms with Crippen LogP contribution in [0.2, 0.25) is 0 Å². The first-order chi connectivity index (χ1) is 38.3. The van der Waals surface area contributed by atoms with Crippen molar-refractivity contribution >= 4 is 52.7 Å². The van der Waals surface area contributed by atoms with Crippen molar-refractivity contribution < 1.29 is 80.8 Å². The Labute approximate surface area is 475 Å². The summed E-state index contributed by atoms with van der Waals surface area (Å²) in [6.07, 6.45) is -13.4. The summed E-state index contributed by atoms with van der Waals surface area (Å²) in [7, 11) is -8.38. The molecule has 16 nitrogen and oxygen atoms in total. The first kappa shape index (κ1) is 64.0. The Bertz CT molecular complexity index is 2880. The Kier molecular flexibility index (Phi) is 20.9. The van der Waals surface area contributed by atoms with Crippen LogP contribution in [0.3, 0.4) is 0 Å². The van der Waals surface area contributed by atoms with Gasteiger partial charge in [0, 0.05) is 71.3 Å². The fraction of sp³-hybridized carbons (Fsp3) is 0.345. The molecule has 0 atom stereocenters. The number of hydrogen-bond acceptors (Lipinski definition) is 14. The van der Waals surface area contributed by atoms with E-state index in [1.165, 1.54) is 84.9 Å². The van der Waals surface area contributed by atoms with Gasteiger partial charge < -0.3 is 67.0 Å². The molecule has 442 valence electrons. The Hall–Kier alpha value is -7.17. The summed E-state index contributed by atoms with van der Waals surface area (Å²) in [5.41, 5.74) is 8.47. The van der Waals surface area contributed by atoms with Gasteiger partial charge in [0.05, 0.1) is 22.5 Å². The number of ether oxygens (including phenoxy) is 2. The number of rotatable bonds is 25. The van der Waals surface area contributed by atoms with Crippen LogP contribution in [-0.4, -0.2) is 66.5 Å². The van der Waals surface area contributed by atoms with Crippen LogP contribution in [-0.2, 0) is 38.9 Å². The van der Waals surface area contributed by atoms with Crippen LogP contribution in [0.15, 0.2) is 121 Å². The number of anilines is 4. The number of nitrogens with two attached hydrogens (primary N) is 2. The molecule has 0 aliphatic carbocycles. The minimum atomic E-state index is -5.23. The van der Waals surface area contributed by atoms with Crippen molar-refractivity contribution in [2.24, 2.45) is 0 Å². The Morgan fingerprint density at radius 1 is 0.402 bits per heavy atom. The maximum absolute atomic E-state index is 15.2. The molecule has 6 rings (SSSR count). The zero-order chi connectivity index (χ0) is 60.5. The maximum atomic E-state index is 15.2. The van der Waals surface area contributed by atoms with Crippen molar-refractivity contribution in [3.8, 4) is 45.6 Å². The zero-order valence-corrected chi connectivity index (χ0v) is 49.3. The van der Waals surface area contributed by atoms with E-state index in [0.29, 0.717) is 23.5 Å². The number of benzene rings is 6. The molecule has 0 saturated carbocycles. The summed E-state index contributed by atoms with van der Waals surface area (Å²) in [6, 6.07) is 25.1. The van der Waals surface area contributed by atoms with E-state index in [0.717, 1.165) is 24.3 Å². The van der Waals surface area contributed by atoms with Crippen molar-refractivity contribution in [2.45, 2.75) is 132 Å². The van der Waals surface area contributed by atoms with Crippen LogP contribution in [0.25, 0.3) is 11.1 Å². The lowest BCUT2D eigenvalue weighted by Gasteiger charge is -2.33. The van der Waals surface area contributed by atoms with Gasteiger partial charge in [0.1, 0.15) is 34.5 Å². The van der Waals surface area contributed by atoms with E-state index in [2.05, 4.69) is 10.6 Å². The number of carbonyl (C=O) groups is 2. The third-order valence-electron chi connectivity index (χ3n) is 10.9. The van der Waals surface area contributed by atoms with E-state index in [-0.39, 0.29) is 45.5 Å². The van der Waals surface area contributed by atoms with E-state index in [1.807, 2.05) is 0 Å². The minimum absolute atomic E-state index is 0.0636. The summed E-state index contributed by atoms with van der Waals surface area (Å²) in [6.45, 7) is 20.8. The van der Waals surface area contributed by atoms with Crippen molar-refractivity contribution in [1.29, 1.82) is 0 Å². The summed E-state index contributed by atoms with van der Waals surface area (Å²) in [4.78, 5) is 27.0. The largest absolute Gasteiger partial charge is 0.750 e. The van der Waals surface area contributed by atoms with Gasteiger partial charge in [-0.05, 0) is 191 Å². The van der Waals surface area contributed by atoms with Gasteiger partial charge in [0.15, 0.2) is 0 Å². The first-order valence-electron chi connectivity index (χ1n) is 26.2. The van der Waals surface area contributed by atoms with Gasteiger partial charge in [-0.25, -0.2) is 0 Å². The van der Waals surface area contributed by atoms with E-state index in [1.54, 1.807) is 83.1 Å². The second-order valence-corrected chi connectivity index (χ2v) is 24.1. The molecule has 0 aromatic heterocycles. The lowest BCUT2D eigenvalue weighted by molar-refractivity contribution is -0.139. The molecule has 82 heavy (non-hydrogen) atoms. The molecule has 0 heterocycles. The molecule has 0 fully saturated rings. The molecule has 0 unspecified atom stereocenters. The van der Waals surface area contributed by atoms with E-state index < -0.39 is 113 Å². The number of amides is 2. The van der Waals surface area contributed by atoms with Gasteiger partial charge in [0.25, 0.3) is 11.8 Å². The molecular weight excluding hydrogens is 1110 g/mol. The molecule has 0 bridgehead atoms. The monoisotopic (exact) mass is 1180 g/mol. The highest BCUT2D eigenvalue weighted by Crippen LogP contribution is 2.47. The molecule has 6 aromatic rings. The third-order valence-corrected chi connectivity index (χ3v) is 16.4. The maximum Gasteiger partial charge on any atom is 0.750 e. The van der Waals surface area contributed by atoms with Crippen molar-refractivity contribution in [3.63, 3.8) is 0 Å². The number of halogens is 6. The molecule has 0 saturated heterocycles. The predicted octanol–water partition coefficient (Wildman–Crippen LogP) is 14.8. The van der Waals surface area contributed by atoms with Crippen LogP contribution >= 0.6 is 0 Å². The summed E-state index contributed by atoms with van der Waals surface area (Å²) in [5.74, 6) is -2.48. The molecule has 6 N–H and O–H groups in total. The minimum Gasteiger partial charge on any atom is -0.478 e. The zero-order valence-electron chi connectivity index (χ0n) is 47.3. The van der Waals surface area contributed by atoms with Crippen LogP contribution in [0, 0.1) is 0 Å². The van der Waals surface area contributed by atoms with Gasteiger partial charge in [-0.1, -0.05) is 12.1 Å². The second kappa shape index (κ2) is 26.8. The average Bonchev–Trinajstić information content (AvgIpc) is 3.52. The normalized spacial score (nSPS) is 12.4. The number of alkyl halides is 6. The lowest BCUT2D eigenvalue weighted by Crippen LogP contribution is -2.56. The van der Waals surface area contributed by atoms with E-state index in [9.17, 15) is 9.59 Å². The molecule has 6 aromatic carbocycles. The van der Waals surface area contributed by atoms with Gasteiger partial charge in [-0.3, -0.25) is 9.59 Å². The second-order valence-electron chi connectivity index (χ2n) is 20.3. The average molecular weight is 1180 g/mol. The highest BCUT2D eigenvalue weighted by molar-refractivity contribution is 6.55. The van der Waals surface area contributed by atoms with Crippen molar-refractivity contribution in [2.75, 3.05) is 22.1 Å². The van der Waals surface area contributed by atoms with Gasteiger partial charge >= 0.3 is 30.4 Å². The SMILES string of the molecule is CC(C)O[Si](Oc1cc(Oc2ccc(-c3ccc(Oc4ccc(NC(=O)c5ccc(N)cc5)c(O[Si](OC(C)C)(OC(C)C)OC(C)C)c4)cc3C(F)(F)F)c(C(F)(F)F)c2)ccc1NC(=O)c1ccc(N)cc1)(OC(C)C)OC(C)C. The lowest BCUT2D eigenvalue weighted by atomic mass is 9.94. The van der Waals surface area contributed by atoms with Gasteiger partial charge in [-0.15, -0.1) is 0 Å². The first-order valence-corrected chi connectivity index (χ1v) is 29.4. The number of hydrogen-bond donors (Lipinski definition) is 4. The van der Waals surface area contributed by atoms with Crippen LogP contribution in [0.4, 0.5) is 49.1 Å². The van der Waals surface area contributed by atoms with Gasteiger partial charge in [-0.2, -0.15) is 26.3 Å². The number of carbonyl (C=O) groups excluding carboxylic acids is 2. The summed E-state index contributed by atoms with van der Waals surface area (Å²) < 4.78 is 153.